The standard InChI is InChI=1S/C9H11NO3/c11-6-9(7-12)3-1-2-8(4-9)5-10-13/h1-2,4,11-12H,3,6-7H2/p+1. The van der Waals surface area contributed by atoms with Crippen LogP contribution in [0.25, 0.3) is 5.01 Å². The maximum atomic E-state index is 9.07. The Kier molecular flexibility index (Phi) is 3.07. The highest BCUT2D eigenvalue weighted by Crippen LogP contribution is 2.28. The SMILES string of the molecule is OCC1(CO)C=C(C#[N+]O)C=CC1. The van der Waals surface area contributed by atoms with Crippen molar-refractivity contribution in [3.8, 4) is 6.07 Å². The largest absolute Gasteiger partial charge is 0.395 e. The van der Waals surface area contributed by atoms with Crippen molar-refractivity contribution in [2.45, 2.75) is 6.42 Å². The number of rotatable bonds is 2. The predicted molar refractivity (Wildman–Crippen MR) is 47.5 cm³/mol. The van der Waals surface area contributed by atoms with Gasteiger partial charge in [-0.15, -0.1) is 0 Å². The summed E-state index contributed by atoms with van der Waals surface area (Å²) in [4.78, 5) is 0. The van der Waals surface area contributed by atoms with E-state index in [0.717, 1.165) is 0 Å². The Morgan fingerprint density at radius 3 is 2.69 bits per heavy atom. The number of hydrogen-bond acceptors (Lipinski definition) is 3. The van der Waals surface area contributed by atoms with Crippen LogP contribution >= 0.6 is 0 Å². The summed E-state index contributed by atoms with van der Waals surface area (Å²) in [5.41, 5.74) is -0.0706. The first-order chi connectivity index (χ1) is 6.26. The van der Waals surface area contributed by atoms with Crippen LogP contribution in [0.15, 0.2) is 23.8 Å². The highest BCUT2D eigenvalue weighted by Gasteiger charge is 2.28. The summed E-state index contributed by atoms with van der Waals surface area (Å²) in [6.07, 6.45) is 5.77. The number of aliphatic hydroxyl groups is 2. The second-order valence-electron chi connectivity index (χ2n) is 3.10. The van der Waals surface area contributed by atoms with E-state index >= 15 is 0 Å². The minimum atomic E-state index is -0.637. The molecule has 0 amide bonds. The van der Waals surface area contributed by atoms with Crippen molar-refractivity contribution in [3.05, 3.63) is 28.8 Å². The van der Waals surface area contributed by atoms with Crippen molar-refractivity contribution >= 4 is 0 Å². The fourth-order valence-corrected chi connectivity index (χ4v) is 1.26. The van der Waals surface area contributed by atoms with Gasteiger partial charge in [0.1, 0.15) is 5.57 Å². The average molecular weight is 182 g/mol. The Labute approximate surface area is 76.2 Å². The normalized spacial score (nSPS) is 18.8. The predicted octanol–water partition coefficient (Wildman–Crippen LogP) is 0.566. The molecule has 0 atom stereocenters. The molecular weight excluding hydrogens is 170 g/mol. The van der Waals surface area contributed by atoms with Gasteiger partial charge in [0.25, 0.3) is 0 Å². The van der Waals surface area contributed by atoms with Crippen molar-refractivity contribution in [1.82, 2.24) is 0 Å². The van der Waals surface area contributed by atoms with Crippen LogP contribution in [0, 0.1) is 11.5 Å². The molecular formula is C9H12NO3+. The summed E-state index contributed by atoms with van der Waals surface area (Å²) >= 11 is 0. The van der Waals surface area contributed by atoms with E-state index in [9.17, 15) is 0 Å². The van der Waals surface area contributed by atoms with Gasteiger partial charge in [0.2, 0.25) is 5.01 Å². The van der Waals surface area contributed by atoms with Crippen LogP contribution in [0.4, 0.5) is 0 Å². The van der Waals surface area contributed by atoms with E-state index in [2.05, 4.69) is 11.1 Å². The zero-order chi connectivity index (χ0) is 9.73. The molecule has 1 aliphatic carbocycles. The Morgan fingerprint density at radius 1 is 1.46 bits per heavy atom. The summed E-state index contributed by atoms with van der Waals surface area (Å²) in [5, 5.41) is 29.1. The smallest absolute Gasteiger partial charge is 0.387 e. The van der Waals surface area contributed by atoms with Crippen LogP contribution in [0.5, 0.6) is 0 Å². The molecule has 0 spiro atoms. The molecule has 1 rings (SSSR count). The first-order valence-electron chi connectivity index (χ1n) is 3.97. The molecule has 0 saturated carbocycles. The van der Waals surface area contributed by atoms with Gasteiger partial charge >= 0.3 is 6.07 Å². The quantitative estimate of drug-likeness (QED) is 0.547. The minimum absolute atomic E-state index is 0.134. The first kappa shape index (κ1) is 9.78. The van der Waals surface area contributed by atoms with Crippen LogP contribution in [0.3, 0.4) is 0 Å². The van der Waals surface area contributed by atoms with E-state index < -0.39 is 5.41 Å². The van der Waals surface area contributed by atoms with Gasteiger partial charge in [-0.2, -0.15) is 5.21 Å². The maximum absolute atomic E-state index is 9.07. The van der Waals surface area contributed by atoms with Gasteiger partial charge in [-0.25, -0.2) is 0 Å². The summed E-state index contributed by atoms with van der Waals surface area (Å²) in [5.74, 6) is 0. The van der Waals surface area contributed by atoms with Gasteiger partial charge in [0, 0.05) is 5.41 Å². The first-order valence-corrected chi connectivity index (χ1v) is 3.97. The van der Waals surface area contributed by atoms with Crippen LogP contribution < -0.4 is 0 Å². The lowest BCUT2D eigenvalue weighted by Crippen LogP contribution is -2.28. The second-order valence-corrected chi connectivity index (χ2v) is 3.10. The van der Waals surface area contributed by atoms with Crippen LogP contribution in [0.2, 0.25) is 0 Å². The summed E-state index contributed by atoms with van der Waals surface area (Å²) in [6.45, 7) is -0.269. The Bertz CT molecular complexity index is 292. The molecule has 4 nitrogen and oxygen atoms in total. The van der Waals surface area contributed by atoms with E-state index in [4.69, 9.17) is 15.4 Å². The molecule has 1 aliphatic rings. The van der Waals surface area contributed by atoms with Crippen LogP contribution in [0.1, 0.15) is 6.42 Å². The lowest BCUT2D eigenvalue weighted by atomic mass is 9.81. The number of hydrogen-bond donors (Lipinski definition) is 3. The average Bonchev–Trinajstić information content (AvgIpc) is 2.19. The van der Waals surface area contributed by atoms with Gasteiger partial charge in [-0.3, -0.25) is 0 Å². The van der Waals surface area contributed by atoms with Crippen LogP contribution in [-0.4, -0.2) is 28.6 Å². The molecule has 0 aliphatic heterocycles. The number of aliphatic hydroxyl groups excluding tert-OH is 2. The minimum Gasteiger partial charge on any atom is -0.395 e. The molecule has 3 N–H and O–H groups in total. The van der Waals surface area contributed by atoms with Gasteiger partial charge in [-0.05, 0) is 12.5 Å². The molecule has 13 heavy (non-hydrogen) atoms. The van der Waals surface area contributed by atoms with Crippen molar-refractivity contribution in [2.75, 3.05) is 13.2 Å². The maximum Gasteiger partial charge on any atom is 0.387 e. The molecule has 0 unspecified atom stereocenters. The van der Waals surface area contributed by atoms with Gasteiger partial charge < -0.3 is 10.2 Å². The molecule has 0 bridgehead atoms. The van der Waals surface area contributed by atoms with Gasteiger partial charge in [-0.1, -0.05) is 12.2 Å². The monoisotopic (exact) mass is 182 g/mol. The van der Waals surface area contributed by atoms with Crippen LogP contribution in [-0.2, 0) is 0 Å². The molecule has 0 aromatic rings. The fraction of sp³-hybridized carbons (Fsp3) is 0.444. The lowest BCUT2D eigenvalue weighted by molar-refractivity contribution is 0.0945. The van der Waals surface area contributed by atoms with Crippen molar-refractivity contribution < 1.29 is 15.4 Å². The summed E-state index contributed by atoms with van der Waals surface area (Å²) < 4.78 is 0. The summed E-state index contributed by atoms with van der Waals surface area (Å²) in [6, 6.07) is 2.34. The molecule has 0 aromatic heterocycles. The van der Waals surface area contributed by atoms with Gasteiger partial charge in [0.15, 0.2) is 0 Å². The third-order valence-corrected chi connectivity index (χ3v) is 2.09. The Morgan fingerprint density at radius 2 is 2.15 bits per heavy atom. The van der Waals surface area contributed by atoms with Crippen molar-refractivity contribution in [1.29, 1.82) is 0 Å². The van der Waals surface area contributed by atoms with E-state index in [1.165, 1.54) is 0 Å². The zero-order valence-corrected chi connectivity index (χ0v) is 7.14. The molecule has 70 valence electrons. The molecule has 0 aromatic carbocycles. The third kappa shape index (κ3) is 2.08. The fourth-order valence-electron chi connectivity index (χ4n) is 1.26. The highest BCUT2D eigenvalue weighted by atomic mass is 16.4. The highest BCUT2D eigenvalue weighted by molar-refractivity contribution is 5.39. The van der Waals surface area contributed by atoms with Gasteiger partial charge in [0.05, 0.1) is 13.2 Å². The topological polar surface area (TPSA) is 65.0 Å². The second kappa shape index (κ2) is 4.08. The Balaban J connectivity index is 2.91. The zero-order valence-electron chi connectivity index (χ0n) is 7.14. The number of allylic oxidation sites excluding steroid dienone is 3. The molecule has 0 radical (unpaired) electrons. The lowest BCUT2D eigenvalue weighted by Gasteiger charge is -2.26. The molecule has 0 saturated heterocycles. The molecule has 0 fully saturated rings. The Hall–Kier alpha value is -1.31. The molecule has 4 heteroatoms. The van der Waals surface area contributed by atoms with E-state index in [-0.39, 0.29) is 13.2 Å². The van der Waals surface area contributed by atoms with E-state index in [1.54, 1.807) is 18.2 Å². The number of nitrogens with zero attached hydrogens (tertiary/aromatic N) is 1. The summed E-state index contributed by atoms with van der Waals surface area (Å²) in [7, 11) is 0. The van der Waals surface area contributed by atoms with Crippen molar-refractivity contribution in [2.24, 2.45) is 5.41 Å². The van der Waals surface area contributed by atoms with Crippen molar-refractivity contribution in [3.63, 3.8) is 0 Å². The van der Waals surface area contributed by atoms with E-state index in [0.29, 0.717) is 12.0 Å². The van der Waals surface area contributed by atoms with E-state index in [1.807, 2.05) is 0 Å². The molecule has 0 heterocycles. The third-order valence-electron chi connectivity index (χ3n) is 2.09.